The Bertz CT molecular complexity index is 1160. The van der Waals surface area contributed by atoms with Gasteiger partial charge in [-0.2, -0.15) is 4.80 Å². The van der Waals surface area contributed by atoms with Crippen molar-refractivity contribution >= 4 is 22.6 Å². The number of hydrogen-bond donors (Lipinski definition) is 1. The Kier molecular flexibility index (Phi) is 4.87. The summed E-state index contributed by atoms with van der Waals surface area (Å²) in [6, 6.07) is 18.5. The SMILES string of the molecule is COc1cccc(OC)c1C(=O)Nc1ccc2nn(-c3ccc(C)cc3)nc2c1. The molecule has 0 aliphatic carbocycles. The fourth-order valence-corrected chi connectivity index (χ4v) is 3.05. The predicted octanol–water partition coefficient (Wildman–Crippen LogP) is 4.00. The molecule has 4 rings (SSSR count). The zero-order chi connectivity index (χ0) is 20.4. The van der Waals surface area contributed by atoms with Crippen molar-refractivity contribution < 1.29 is 14.3 Å². The van der Waals surface area contributed by atoms with E-state index in [2.05, 4.69) is 15.5 Å². The summed E-state index contributed by atoms with van der Waals surface area (Å²) in [6.45, 7) is 2.03. The third kappa shape index (κ3) is 3.62. The molecule has 146 valence electrons. The van der Waals surface area contributed by atoms with Gasteiger partial charge in [-0.15, -0.1) is 10.2 Å². The molecule has 0 radical (unpaired) electrons. The molecule has 0 fully saturated rings. The number of rotatable bonds is 5. The summed E-state index contributed by atoms with van der Waals surface area (Å²) in [5.74, 6) is 0.547. The lowest BCUT2D eigenvalue weighted by atomic mass is 10.1. The van der Waals surface area contributed by atoms with E-state index in [9.17, 15) is 4.79 Å². The summed E-state index contributed by atoms with van der Waals surface area (Å²) in [4.78, 5) is 14.4. The van der Waals surface area contributed by atoms with Gasteiger partial charge in [-0.25, -0.2) is 0 Å². The Balaban J connectivity index is 1.64. The molecule has 0 aliphatic rings. The van der Waals surface area contributed by atoms with Gasteiger partial charge in [0.25, 0.3) is 5.91 Å². The van der Waals surface area contributed by atoms with Gasteiger partial charge >= 0.3 is 0 Å². The largest absolute Gasteiger partial charge is 0.496 e. The van der Waals surface area contributed by atoms with E-state index in [4.69, 9.17) is 9.47 Å². The number of aryl methyl sites for hydroxylation is 1. The van der Waals surface area contributed by atoms with Crippen LogP contribution in [-0.2, 0) is 0 Å². The molecule has 0 saturated carbocycles. The van der Waals surface area contributed by atoms with Crippen LogP contribution >= 0.6 is 0 Å². The number of nitrogens with one attached hydrogen (secondary N) is 1. The van der Waals surface area contributed by atoms with Crippen LogP contribution < -0.4 is 14.8 Å². The van der Waals surface area contributed by atoms with E-state index < -0.39 is 0 Å². The van der Waals surface area contributed by atoms with Crippen molar-refractivity contribution in [3.05, 3.63) is 71.8 Å². The Morgan fingerprint density at radius 3 is 2.21 bits per heavy atom. The summed E-state index contributed by atoms with van der Waals surface area (Å²) in [5.41, 5.74) is 4.39. The van der Waals surface area contributed by atoms with E-state index in [1.807, 2.05) is 37.3 Å². The number of aromatic nitrogens is 3. The molecular formula is C22H20N4O3. The number of amides is 1. The number of anilines is 1. The predicted molar refractivity (Wildman–Crippen MR) is 111 cm³/mol. The lowest BCUT2D eigenvalue weighted by molar-refractivity contribution is 0.102. The minimum absolute atomic E-state index is 0.329. The highest BCUT2D eigenvalue weighted by Gasteiger charge is 2.18. The van der Waals surface area contributed by atoms with E-state index in [-0.39, 0.29) is 5.91 Å². The van der Waals surface area contributed by atoms with E-state index in [1.165, 1.54) is 19.8 Å². The molecule has 0 spiro atoms. The zero-order valence-corrected chi connectivity index (χ0v) is 16.3. The van der Waals surface area contributed by atoms with Crippen LogP contribution in [0.3, 0.4) is 0 Å². The Morgan fingerprint density at radius 2 is 1.55 bits per heavy atom. The van der Waals surface area contributed by atoms with Gasteiger partial charge in [-0.3, -0.25) is 4.79 Å². The first-order valence-electron chi connectivity index (χ1n) is 9.05. The summed E-state index contributed by atoms with van der Waals surface area (Å²) < 4.78 is 10.6. The molecule has 4 aromatic rings. The normalized spacial score (nSPS) is 10.7. The molecule has 7 heteroatoms. The topological polar surface area (TPSA) is 78.3 Å². The van der Waals surface area contributed by atoms with Crippen molar-refractivity contribution in [3.63, 3.8) is 0 Å². The maximum Gasteiger partial charge on any atom is 0.263 e. The maximum atomic E-state index is 12.9. The van der Waals surface area contributed by atoms with Gasteiger partial charge in [-0.05, 0) is 49.4 Å². The van der Waals surface area contributed by atoms with Crippen LogP contribution in [0, 0.1) is 6.92 Å². The third-order valence-corrected chi connectivity index (χ3v) is 4.56. The first kappa shape index (κ1) is 18.5. The average Bonchev–Trinajstić information content (AvgIpc) is 3.16. The molecule has 7 nitrogen and oxygen atoms in total. The number of hydrogen-bond acceptors (Lipinski definition) is 5. The Morgan fingerprint density at radius 1 is 0.897 bits per heavy atom. The molecular weight excluding hydrogens is 368 g/mol. The molecule has 0 atom stereocenters. The molecule has 1 aromatic heterocycles. The smallest absolute Gasteiger partial charge is 0.263 e. The first-order valence-corrected chi connectivity index (χ1v) is 9.05. The van der Waals surface area contributed by atoms with Crippen LogP contribution in [0.2, 0.25) is 0 Å². The molecule has 1 amide bonds. The van der Waals surface area contributed by atoms with Gasteiger partial charge in [0.1, 0.15) is 28.1 Å². The molecule has 3 aromatic carbocycles. The van der Waals surface area contributed by atoms with Crippen molar-refractivity contribution in [2.24, 2.45) is 0 Å². The molecule has 0 bridgehead atoms. The number of nitrogens with zero attached hydrogens (tertiary/aromatic N) is 3. The number of fused-ring (bicyclic) bond motifs is 1. The Labute approximate surface area is 167 Å². The molecule has 29 heavy (non-hydrogen) atoms. The van der Waals surface area contributed by atoms with E-state index >= 15 is 0 Å². The highest BCUT2D eigenvalue weighted by Crippen LogP contribution is 2.29. The number of methoxy groups -OCH3 is 2. The van der Waals surface area contributed by atoms with E-state index in [0.717, 1.165) is 11.2 Å². The van der Waals surface area contributed by atoms with Gasteiger partial charge in [-0.1, -0.05) is 23.8 Å². The summed E-state index contributed by atoms with van der Waals surface area (Å²) in [5, 5.41) is 11.9. The number of carbonyl (C=O) groups excluding carboxylic acids is 1. The first-order chi connectivity index (χ1) is 14.1. The van der Waals surface area contributed by atoms with Crippen molar-refractivity contribution in [2.75, 3.05) is 19.5 Å². The molecule has 1 heterocycles. The van der Waals surface area contributed by atoms with Crippen LogP contribution in [0.5, 0.6) is 11.5 Å². The lowest BCUT2D eigenvalue weighted by Crippen LogP contribution is -2.14. The highest BCUT2D eigenvalue weighted by atomic mass is 16.5. The van der Waals surface area contributed by atoms with Crippen LogP contribution in [0.15, 0.2) is 60.7 Å². The van der Waals surface area contributed by atoms with Crippen molar-refractivity contribution in [1.82, 2.24) is 15.0 Å². The number of carbonyl (C=O) groups is 1. The second-order valence-corrected chi connectivity index (χ2v) is 6.52. The number of ether oxygens (including phenoxy) is 2. The molecule has 0 aliphatic heterocycles. The van der Waals surface area contributed by atoms with Gasteiger partial charge in [0.05, 0.1) is 19.9 Å². The quantitative estimate of drug-likeness (QED) is 0.559. The second-order valence-electron chi connectivity index (χ2n) is 6.52. The maximum absolute atomic E-state index is 12.9. The fraction of sp³-hybridized carbons (Fsp3) is 0.136. The van der Waals surface area contributed by atoms with Crippen LogP contribution in [0.25, 0.3) is 16.7 Å². The lowest BCUT2D eigenvalue weighted by Gasteiger charge is -2.12. The summed E-state index contributed by atoms with van der Waals surface area (Å²) >= 11 is 0. The Hall–Kier alpha value is -3.87. The highest BCUT2D eigenvalue weighted by molar-refractivity contribution is 6.08. The van der Waals surface area contributed by atoms with Gasteiger partial charge in [0.2, 0.25) is 0 Å². The van der Waals surface area contributed by atoms with E-state index in [0.29, 0.717) is 28.3 Å². The monoisotopic (exact) mass is 388 g/mol. The summed E-state index contributed by atoms with van der Waals surface area (Å²) in [7, 11) is 3.03. The molecule has 0 saturated heterocycles. The average molecular weight is 388 g/mol. The second kappa shape index (κ2) is 7.63. The third-order valence-electron chi connectivity index (χ3n) is 4.56. The van der Waals surface area contributed by atoms with E-state index in [1.54, 1.807) is 35.1 Å². The molecule has 0 unspecified atom stereocenters. The standard InChI is InChI=1S/C22H20N4O3/c1-14-7-10-16(11-8-14)26-24-17-12-9-15(13-18(17)25-26)23-22(27)21-19(28-2)5-4-6-20(21)29-3/h4-13H,1-3H3,(H,23,27). The minimum atomic E-state index is -0.329. The van der Waals surface area contributed by atoms with Crippen molar-refractivity contribution in [2.45, 2.75) is 6.92 Å². The zero-order valence-electron chi connectivity index (χ0n) is 16.3. The van der Waals surface area contributed by atoms with Gasteiger partial charge in [0, 0.05) is 5.69 Å². The number of benzene rings is 3. The van der Waals surface area contributed by atoms with Crippen molar-refractivity contribution in [3.8, 4) is 17.2 Å². The molecule has 1 N–H and O–H groups in total. The summed E-state index contributed by atoms with van der Waals surface area (Å²) in [6.07, 6.45) is 0. The van der Waals surface area contributed by atoms with Crippen LogP contribution in [0.1, 0.15) is 15.9 Å². The van der Waals surface area contributed by atoms with Gasteiger partial charge < -0.3 is 14.8 Å². The fourth-order valence-electron chi connectivity index (χ4n) is 3.05. The van der Waals surface area contributed by atoms with Gasteiger partial charge in [0.15, 0.2) is 0 Å². The van der Waals surface area contributed by atoms with Crippen LogP contribution in [-0.4, -0.2) is 35.1 Å². The van der Waals surface area contributed by atoms with Crippen LogP contribution in [0.4, 0.5) is 5.69 Å². The van der Waals surface area contributed by atoms with Crippen molar-refractivity contribution in [1.29, 1.82) is 0 Å². The minimum Gasteiger partial charge on any atom is -0.496 e.